The number of ether oxygens (including phenoxy) is 1. The van der Waals surface area contributed by atoms with Gasteiger partial charge in [-0.2, -0.15) is 0 Å². The van der Waals surface area contributed by atoms with Crippen molar-refractivity contribution in [3.63, 3.8) is 0 Å². The summed E-state index contributed by atoms with van der Waals surface area (Å²) in [4.78, 5) is 15.7. The zero-order valence-electron chi connectivity index (χ0n) is 19.8. The molecule has 0 unspecified atom stereocenters. The maximum atomic E-state index is 12.2. The number of fused-ring (bicyclic) bond motifs is 1. The Morgan fingerprint density at radius 3 is 2.30 bits per heavy atom. The molecule has 0 spiro atoms. The van der Waals surface area contributed by atoms with Crippen LogP contribution >= 0.6 is 0 Å². The van der Waals surface area contributed by atoms with Gasteiger partial charge in [-0.05, 0) is 73.6 Å². The maximum absolute atomic E-state index is 12.2. The number of benzene rings is 2. The van der Waals surface area contributed by atoms with Gasteiger partial charge in [-0.25, -0.2) is 0 Å². The van der Waals surface area contributed by atoms with E-state index in [1.54, 1.807) is 0 Å². The molecule has 2 aromatic carbocycles. The zero-order chi connectivity index (χ0) is 22.5. The van der Waals surface area contributed by atoms with E-state index in [2.05, 4.69) is 74.3 Å². The molecule has 1 aromatic heterocycles. The third kappa shape index (κ3) is 5.53. The highest BCUT2D eigenvalue weighted by molar-refractivity contribution is 5.86. The van der Waals surface area contributed by atoms with Crippen molar-refractivity contribution in [1.82, 2.24) is 4.98 Å². The van der Waals surface area contributed by atoms with E-state index in [9.17, 15) is 4.79 Å². The second-order valence-corrected chi connectivity index (χ2v) is 9.22. The van der Waals surface area contributed by atoms with Crippen LogP contribution < -0.4 is 0 Å². The molecular weight excluding hydrogens is 370 g/mol. The van der Waals surface area contributed by atoms with Gasteiger partial charge in [0, 0.05) is 16.6 Å². The van der Waals surface area contributed by atoms with Crippen LogP contribution in [0.5, 0.6) is 0 Å². The molecule has 1 N–H and O–H groups in total. The average molecular weight is 408 g/mol. The van der Waals surface area contributed by atoms with Crippen molar-refractivity contribution in [1.29, 1.82) is 0 Å². The molecule has 0 saturated carbocycles. The van der Waals surface area contributed by atoms with Crippen molar-refractivity contribution in [2.45, 2.75) is 67.2 Å². The second-order valence-electron chi connectivity index (χ2n) is 9.22. The molecule has 162 valence electrons. The lowest BCUT2D eigenvalue weighted by Crippen LogP contribution is -2.28. The van der Waals surface area contributed by atoms with Gasteiger partial charge in [-0.1, -0.05) is 58.9 Å². The van der Waals surface area contributed by atoms with Gasteiger partial charge in [-0.3, -0.25) is 4.79 Å². The van der Waals surface area contributed by atoms with Gasteiger partial charge in [0.25, 0.3) is 0 Å². The summed E-state index contributed by atoms with van der Waals surface area (Å²) in [5, 5.41) is 1.16. The third-order valence-corrected chi connectivity index (χ3v) is 5.20. The van der Waals surface area contributed by atoms with Crippen LogP contribution in [-0.2, 0) is 21.4 Å². The van der Waals surface area contributed by atoms with Crippen molar-refractivity contribution in [3.8, 4) is 11.3 Å². The predicted octanol–water partition coefficient (Wildman–Crippen LogP) is 7.29. The maximum Gasteiger partial charge on any atom is 0.311 e. The number of hydrogen-bond donors (Lipinski definition) is 1. The van der Waals surface area contributed by atoms with Crippen LogP contribution in [0.4, 0.5) is 0 Å². The van der Waals surface area contributed by atoms with E-state index in [-0.39, 0.29) is 11.4 Å². The minimum atomic E-state index is -0.538. The minimum absolute atomic E-state index is 0.119. The van der Waals surface area contributed by atoms with E-state index in [1.807, 2.05) is 34.6 Å². The summed E-state index contributed by atoms with van der Waals surface area (Å²) in [6.45, 7) is 16.8. The van der Waals surface area contributed by atoms with E-state index in [1.165, 1.54) is 11.1 Å². The first-order valence-corrected chi connectivity index (χ1v) is 11.0. The normalized spacial score (nSPS) is 11.7. The zero-order valence-corrected chi connectivity index (χ0v) is 19.8. The number of esters is 1. The Kier molecular flexibility index (Phi) is 7.52. The fourth-order valence-electron chi connectivity index (χ4n) is 3.51. The highest BCUT2D eigenvalue weighted by Crippen LogP contribution is 2.31. The topological polar surface area (TPSA) is 42.1 Å². The van der Waals surface area contributed by atoms with E-state index in [0.29, 0.717) is 13.0 Å². The van der Waals surface area contributed by atoms with Crippen molar-refractivity contribution >= 4 is 16.9 Å². The average Bonchev–Trinajstić information content (AvgIpc) is 3.12. The fourth-order valence-corrected chi connectivity index (χ4v) is 3.51. The molecule has 3 heteroatoms. The Hall–Kier alpha value is -2.55. The summed E-state index contributed by atoms with van der Waals surface area (Å²) in [6.07, 6.45) is 0.655. The number of nitrogens with one attached hydrogen (secondary N) is 1. The van der Waals surface area contributed by atoms with Crippen LogP contribution in [0.2, 0.25) is 0 Å². The molecule has 3 nitrogen and oxygen atoms in total. The molecule has 0 aliphatic rings. The SMILES string of the molecule is CC.CCOC(=O)C(C)(C)Cc1ccc2[nH]c(-c3cccc(C(C)(C)C)c3)cc2c1. The van der Waals surface area contributed by atoms with Crippen molar-refractivity contribution in [2.24, 2.45) is 5.41 Å². The first-order valence-electron chi connectivity index (χ1n) is 11.0. The van der Waals surface area contributed by atoms with Crippen molar-refractivity contribution < 1.29 is 9.53 Å². The third-order valence-electron chi connectivity index (χ3n) is 5.20. The molecule has 0 aliphatic heterocycles. The monoisotopic (exact) mass is 407 g/mol. The van der Waals surface area contributed by atoms with Crippen LogP contribution in [0.3, 0.4) is 0 Å². The van der Waals surface area contributed by atoms with E-state index in [0.717, 1.165) is 22.2 Å². The van der Waals surface area contributed by atoms with Gasteiger partial charge in [-0.15, -0.1) is 0 Å². The summed E-state index contributed by atoms with van der Waals surface area (Å²) < 4.78 is 5.22. The van der Waals surface area contributed by atoms with Crippen LogP contribution in [0.1, 0.15) is 66.5 Å². The predicted molar refractivity (Wildman–Crippen MR) is 128 cm³/mol. The van der Waals surface area contributed by atoms with Crippen LogP contribution in [0.15, 0.2) is 48.5 Å². The van der Waals surface area contributed by atoms with E-state index >= 15 is 0 Å². The Morgan fingerprint density at radius 2 is 1.67 bits per heavy atom. The lowest BCUT2D eigenvalue weighted by atomic mass is 9.85. The van der Waals surface area contributed by atoms with Crippen LogP contribution in [0.25, 0.3) is 22.2 Å². The van der Waals surface area contributed by atoms with Crippen molar-refractivity contribution in [3.05, 3.63) is 59.7 Å². The molecule has 3 aromatic rings. The lowest BCUT2D eigenvalue weighted by Gasteiger charge is -2.22. The highest BCUT2D eigenvalue weighted by Gasteiger charge is 2.29. The van der Waals surface area contributed by atoms with Crippen molar-refractivity contribution in [2.75, 3.05) is 6.61 Å². The molecule has 0 amide bonds. The lowest BCUT2D eigenvalue weighted by molar-refractivity contribution is -0.153. The summed E-state index contributed by atoms with van der Waals surface area (Å²) in [5.41, 5.74) is 5.45. The van der Waals surface area contributed by atoms with Crippen LogP contribution in [-0.4, -0.2) is 17.6 Å². The van der Waals surface area contributed by atoms with Gasteiger partial charge in [0.2, 0.25) is 0 Å². The first-order chi connectivity index (χ1) is 14.1. The van der Waals surface area contributed by atoms with Gasteiger partial charge in [0.05, 0.1) is 12.0 Å². The van der Waals surface area contributed by atoms with Gasteiger partial charge < -0.3 is 9.72 Å². The Balaban J connectivity index is 0.00000155. The minimum Gasteiger partial charge on any atom is -0.466 e. The number of aromatic amines is 1. The largest absolute Gasteiger partial charge is 0.466 e. The molecule has 1 heterocycles. The number of rotatable bonds is 5. The summed E-state index contributed by atoms with van der Waals surface area (Å²) >= 11 is 0. The number of aromatic nitrogens is 1. The number of H-pyrrole nitrogens is 1. The standard InChI is InChI=1S/C25H31NO2.C2H6/c1-7-28-23(27)25(5,6)16-17-11-12-21-19(13-17)15-22(26-21)18-9-8-10-20(14-18)24(2,3)4;1-2/h8-15,26H,7,16H2,1-6H3;1-2H3. The first kappa shape index (κ1) is 23.7. The molecule has 0 saturated heterocycles. The molecule has 0 fully saturated rings. The Labute approximate surface area is 181 Å². The van der Waals surface area contributed by atoms with E-state index < -0.39 is 5.41 Å². The Morgan fingerprint density at radius 1 is 0.967 bits per heavy atom. The highest BCUT2D eigenvalue weighted by atomic mass is 16.5. The molecule has 0 bridgehead atoms. The van der Waals surface area contributed by atoms with E-state index in [4.69, 9.17) is 4.74 Å². The smallest absolute Gasteiger partial charge is 0.311 e. The van der Waals surface area contributed by atoms with Gasteiger partial charge in [0.1, 0.15) is 0 Å². The quantitative estimate of drug-likeness (QED) is 0.451. The van der Waals surface area contributed by atoms with Gasteiger partial charge >= 0.3 is 5.97 Å². The molecule has 0 atom stereocenters. The number of carbonyl (C=O) groups is 1. The molecule has 30 heavy (non-hydrogen) atoms. The summed E-state index contributed by atoms with van der Waals surface area (Å²) in [6, 6.07) is 17.3. The second kappa shape index (κ2) is 9.51. The molecule has 3 rings (SSSR count). The summed E-state index contributed by atoms with van der Waals surface area (Å²) in [5.74, 6) is -0.149. The molecule has 0 radical (unpaired) electrons. The molecular formula is C27H37NO2. The number of carbonyl (C=O) groups excluding carboxylic acids is 1. The number of hydrogen-bond acceptors (Lipinski definition) is 2. The molecule has 0 aliphatic carbocycles. The summed E-state index contributed by atoms with van der Waals surface area (Å²) in [7, 11) is 0. The van der Waals surface area contributed by atoms with Gasteiger partial charge in [0.15, 0.2) is 0 Å². The fraction of sp³-hybridized carbons (Fsp3) is 0.444. The van der Waals surface area contributed by atoms with Crippen LogP contribution in [0, 0.1) is 5.41 Å². The Bertz CT molecular complexity index is 990.